The number of hydrogen-bond acceptors (Lipinski definition) is 8. The van der Waals surface area contributed by atoms with Crippen LogP contribution < -0.4 is 5.73 Å². The molecule has 124 valence electrons. The molecule has 1 aromatic heterocycles. The molecule has 1 heterocycles. The van der Waals surface area contributed by atoms with Crippen LogP contribution in [-0.4, -0.2) is 44.3 Å². The molecule has 10 nitrogen and oxygen atoms in total. The summed E-state index contributed by atoms with van der Waals surface area (Å²) in [6, 6.07) is 5.02. The van der Waals surface area contributed by atoms with E-state index in [0.29, 0.717) is 0 Å². The number of phenols is 1. The van der Waals surface area contributed by atoms with E-state index in [4.69, 9.17) is 30.7 Å². The minimum absolute atomic E-state index is 0.0925. The first-order valence-electron chi connectivity index (χ1n) is 5.70. The van der Waals surface area contributed by atoms with Crippen molar-refractivity contribution in [3.8, 4) is 17.5 Å². The molecule has 23 heavy (non-hydrogen) atoms. The summed E-state index contributed by atoms with van der Waals surface area (Å²) in [5.74, 6) is -2.47. The number of benzene rings is 1. The van der Waals surface area contributed by atoms with E-state index in [9.17, 15) is 13.2 Å². The van der Waals surface area contributed by atoms with Gasteiger partial charge in [-0.2, -0.15) is 13.4 Å². The Labute approximate surface area is 129 Å². The minimum atomic E-state index is -4.23. The van der Waals surface area contributed by atoms with Gasteiger partial charge in [0.1, 0.15) is 5.75 Å². The summed E-state index contributed by atoms with van der Waals surface area (Å²) >= 11 is 0. The van der Waals surface area contributed by atoms with Gasteiger partial charge in [-0.3, -0.25) is 4.55 Å². The van der Waals surface area contributed by atoms with Gasteiger partial charge < -0.3 is 26.2 Å². The molecular formula is C12H12N2O8S. The fourth-order valence-corrected chi connectivity index (χ4v) is 1.83. The van der Waals surface area contributed by atoms with Gasteiger partial charge in [0.2, 0.25) is 11.8 Å². The zero-order chi connectivity index (χ0) is 17.8. The number of aromatic hydroxyl groups is 3. The molecule has 0 fully saturated rings. The molecule has 2 rings (SSSR count). The maximum atomic E-state index is 10.5. The molecule has 0 atom stereocenters. The molecule has 0 saturated carbocycles. The van der Waals surface area contributed by atoms with Crippen molar-refractivity contribution in [1.82, 2.24) is 4.98 Å². The van der Waals surface area contributed by atoms with Gasteiger partial charge >= 0.3 is 5.97 Å². The third-order valence-corrected chi connectivity index (χ3v) is 3.19. The lowest BCUT2D eigenvalue weighted by Gasteiger charge is -2.00. The number of hydrogen-bond donors (Lipinski definition) is 6. The number of anilines is 1. The molecule has 1 aromatic carbocycles. The highest BCUT2D eigenvalue weighted by molar-refractivity contribution is 7.85. The van der Waals surface area contributed by atoms with E-state index in [1.165, 1.54) is 0 Å². The van der Waals surface area contributed by atoms with Crippen molar-refractivity contribution in [3.05, 3.63) is 35.9 Å². The maximum absolute atomic E-state index is 10.5. The van der Waals surface area contributed by atoms with Gasteiger partial charge in [-0.05, 0) is 18.2 Å². The first kappa shape index (κ1) is 18.0. The van der Waals surface area contributed by atoms with Crippen molar-refractivity contribution in [2.45, 2.75) is 4.90 Å². The van der Waals surface area contributed by atoms with E-state index >= 15 is 0 Å². The van der Waals surface area contributed by atoms with Crippen molar-refractivity contribution in [2.24, 2.45) is 0 Å². The van der Waals surface area contributed by atoms with Crippen LogP contribution in [-0.2, 0) is 10.1 Å². The van der Waals surface area contributed by atoms with E-state index < -0.39 is 27.8 Å². The van der Waals surface area contributed by atoms with Crippen LogP contribution in [0.4, 0.5) is 5.69 Å². The highest BCUT2D eigenvalue weighted by Gasteiger charge is 2.10. The number of nitrogens with two attached hydrogens (primary N) is 1. The standard InChI is InChI=1S/C6H7NO4S.C6H5NO4/c7-5-3-4(12(9,10)11)1-2-6(5)8;8-4-1-3(6(10)11)2-5(9)7-4/h1-3,8H,7H2,(H,9,10,11);1-2H,(H,10,11)(H2,7,8,9). The third-order valence-electron chi connectivity index (χ3n) is 2.34. The number of nitrogens with zero attached hydrogens (tertiary/aromatic N) is 1. The highest BCUT2D eigenvalue weighted by atomic mass is 32.2. The predicted molar refractivity (Wildman–Crippen MR) is 76.9 cm³/mol. The second-order valence-electron chi connectivity index (χ2n) is 4.07. The van der Waals surface area contributed by atoms with Crippen LogP contribution in [0.3, 0.4) is 0 Å². The van der Waals surface area contributed by atoms with Crippen LogP contribution in [0.15, 0.2) is 35.2 Å². The molecule has 0 amide bonds. The van der Waals surface area contributed by atoms with Crippen LogP contribution in [0.1, 0.15) is 10.4 Å². The number of carboxylic acid groups (broad SMARTS) is 1. The van der Waals surface area contributed by atoms with E-state index in [1.807, 2.05) is 0 Å². The number of pyridine rings is 1. The highest BCUT2D eigenvalue weighted by Crippen LogP contribution is 2.22. The van der Waals surface area contributed by atoms with Crippen molar-refractivity contribution in [2.75, 3.05) is 5.73 Å². The van der Waals surface area contributed by atoms with Crippen molar-refractivity contribution >= 4 is 21.8 Å². The molecule has 7 N–H and O–H groups in total. The topological polar surface area (TPSA) is 191 Å². The summed E-state index contributed by atoms with van der Waals surface area (Å²) in [5, 5.41) is 34.7. The largest absolute Gasteiger partial charge is 0.506 e. The summed E-state index contributed by atoms with van der Waals surface area (Å²) < 4.78 is 29.6. The average molecular weight is 344 g/mol. The van der Waals surface area contributed by atoms with Gasteiger partial charge in [0, 0.05) is 12.1 Å². The summed E-state index contributed by atoms with van der Waals surface area (Å²) in [6.07, 6.45) is 0. The van der Waals surface area contributed by atoms with Crippen molar-refractivity contribution in [1.29, 1.82) is 0 Å². The second kappa shape index (κ2) is 6.81. The first-order chi connectivity index (χ1) is 10.5. The number of aromatic nitrogens is 1. The van der Waals surface area contributed by atoms with Crippen LogP contribution in [0.5, 0.6) is 17.5 Å². The Kier molecular flexibility index (Phi) is 5.33. The Morgan fingerprint density at radius 1 is 1.04 bits per heavy atom. The Balaban J connectivity index is 0.000000231. The normalized spacial score (nSPS) is 10.5. The zero-order valence-corrected chi connectivity index (χ0v) is 12.1. The molecule has 0 bridgehead atoms. The molecule has 0 spiro atoms. The lowest BCUT2D eigenvalue weighted by molar-refractivity contribution is 0.0695. The smallest absolute Gasteiger partial charge is 0.336 e. The lowest BCUT2D eigenvalue weighted by Crippen LogP contribution is -1.98. The molecule has 0 aliphatic heterocycles. The molecule has 11 heteroatoms. The predicted octanol–water partition coefficient (Wildman–Crippen LogP) is 0.412. The van der Waals surface area contributed by atoms with Gasteiger partial charge in [-0.25, -0.2) is 4.79 Å². The Morgan fingerprint density at radius 3 is 1.96 bits per heavy atom. The number of aromatic carboxylic acids is 1. The monoisotopic (exact) mass is 344 g/mol. The van der Waals surface area contributed by atoms with E-state index in [-0.39, 0.29) is 21.9 Å². The molecule has 0 radical (unpaired) electrons. The second-order valence-corrected chi connectivity index (χ2v) is 5.49. The molecule has 2 aromatic rings. The van der Waals surface area contributed by atoms with Gasteiger partial charge in [-0.15, -0.1) is 0 Å². The average Bonchev–Trinajstić information content (AvgIpc) is 2.40. The molecule has 0 saturated heterocycles. The van der Waals surface area contributed by atoms with Crippen LogP contribution >= 0.6 is 0 Å². The lowest BCUT2D eigenvalue weighted by atomic mass is 10.3. The molecule has 0 aliphatic carbocycles. The number of carbonyl (C=O) groups is 1. The Bertz CT molecular complexity index is 815. The Morgan fingerprint density at radius 2 is 1.57 bits per heavy atom. The van der Waals surface area contributed by atoms with Crippen molar-refractivity contribution < 1.29 is 38.2 Å². The SMILES string of the molecule is Nc1cc(S(=O)(=O)O)ccc1O.O=C(O)c1cc(O)nc(O)c1. The summed E-state index contributed by atoms with van der Waals surface area (Å²) in [4.78, 5) is 13.1. The molecular weight excluding hydrogens is 332 g/mol. The third kappa shape index (κ3) is 5.33. The quantitative estimate of drug-likeness (QED) is 0.252. The Hall–Kier alpha value is -3.05. The summed E-state index contributed by atoms with van der Waals surface area (Å²) in [6.45, 7) is 0. The van der Waals surface area contributed by atoms with E-state index in [0.717, 1.165) is 30.3 Å². The van der Waals surface area contributed by atoms with Crippen molar-refractivity contribution in [3.63, 3.8) is 0 Å². The maximum Gasteiger partial charge on any atom is 0.336 e. The van der Waals surface area contributed by atoms with Gasteiger partial charge in [0.15, 0.2) is 0 Å². The van der Waals surface area contributed by atoms with E-state index in [2.05, 4.69) is 4.98 Å². The van der Waals surface area contributed by atoms with Gasteiger partial charge in [0.25, 0.3) is 10.1 Å². The minimum Gasteiger partial charge on any atom is -0.506 e. The number of phenolic OH excluding ortho intramolecular Hbond substituents is 1. The molecule has 0 unspecified atom stereocenters. The summed E-state index contributed by atoms with van der Waals surface area (Å²) in [7, 11) is -4.23. The fraction of sp³-hybridized carbons (Fsp3) is 0. The number of rotatable bonds is 2. The van der Waals surface area contributed by atoms with Gasteiger partial charge in [0.05, 0.1) is 16.1 Å². The van der Waals surface area contributed by atoms with Gasteiger partial charge in [-0.1, -0.05) is 0 Å². The fourth-order valence-electron chi connectivity index (χ4n) is 1.32. The summed E-state index contributed by atoms with van der Waals surface area (Å²) in [5.41, 5.74) is 4.90. The van der Waals surface area contributed by atoms with Crippen LogP contribution in [0.2, 0.25) is 0 Å². The number of nitrogen functional groups attached to an aromatic ring is 1. The van der Waals surface area contributed by atoms with E-state index in [1.54, 1.807) is 0 Å². The van der Waals surface area contributed by atoms with Crippen LogP contribution in [0, 0.1) is 0 Å². The first-order valence-corrected chi connectivity index (χ1v) is 7.14. The van der Waals surface area contributed by atoms with Crippen LogP contribution in [0.25, 0.3) is 0 Å². The zero-order valence-electron chi connectivity index (χ0n) is 11.3. The number of carboxylic acids is 1. The molecule has 0 aliphatic rings.